The maximum absolute atomic E-state index is 12.8. The predicted molar refractivity (Wildman–Crippen MR) is 212 cm³/mol. The lowest BCUT2D eigenvalue weighted by atomic mass is 9.84. The number of H-pyrrole nitrogens is 2. The number of benzene rings is 2. The number of amides is 2. The standard InChI is InChI=1S/C42H56N6O8/c1-25(49)53-23-41(9,10)33(47-37(51)55-39(3,4)5)35-43-21-31(45-35)29-17-13-27(14-18-29)28-15-19-30(20-16-28)32-22-44-36(46-32)34(42(11,12)24-54-26(2)50)48-38(52)56-40(6,7)8/h13-22,33-34H,23-24H2,1-12H3,(H,43,45)(H,44,46)(H,47,51)(H,48,52). The number of carbonyl (C=O) groups excluding carboxylic acids is 4. The van der Waals surface area contributed by atoms with Crippen molar-refractivity contribution in [2.24, 2.45) is 10.8 Å². The Labute approximate surface area is 328 Å². The summed E-state index contributed by atoms with van der Waals surface area (Å²) >= 11 is 0. The van der Waals surface area contributed by atoms with Crippen molar-refractivity contribution in [1.82, 2.24) is 30.6 Å². The quantitative estimate of drug-likeness (QED) is 0.0759. The molecule has 0 saturated carbocycles. The van der Waals surface area contributed by atoms with Crippen molar-refractivity contribution in [3.63, 3.8) is 0 Å². The van der Waals surface area contributed by atoms with Crippen LogP contribution in [0, 0.1) is 10.8 Å². The number of esters is 2. The molecule has 0 bridgehead atoms. The van der Waals surface area contributed by atoms with E-state index < -0.39 is 58.2 Å². The minimum Gasteiger partial charge on any atom is -0.465 e. The summed E-state index contributed by atoms with van der Waals surface area (Å²) in [5.74, 6) is 0.139. The first-order chi connectivity index (χ1) is 25.9. The Bertz CT molecular complexity index is 1840. The van der Waals surface area contributed by atoms with Gasteiger partial charge in [-0.3, -0.25) is 9.59 Å². The van der Waals surface area contributed by atoms with Crippen molar-refractivity contribution in [1.29, 1.82) is 0 Å². The van der Waals surface area contributed by atoms with Crippen LogP contribution in [0.5, 0.6) is 0 Å². The lowest BCUT2D eigenvalue weighted by Crippen LogP contribution is -2.43. The Balaban J connectivity index is 1.53. The minimum absolute atomic E-state index is 0.0509. The molecule has 0 aliphatic heterocycles. The van der Waals surface area contributed by atoms with Crippen LogP contribution in [0.15, 0.2) is 60.9 Å². The zero-order valence-corrected chi connectivity index (χ0v) is 34.5. The van der Waals surface area contributed by atoms with Crippen LogP contribution in [0.4, 0.5) is 9.59 Å². The number of carbonyl (C=O) groups is 4. The van der Waals surface area contributed by atoms with Gasteiger partial charge in [0.05, 0.1) is 36.7 Å². The van der Waals surface area contributed by atoms with E-state index in [1.54, 1.807) is 53.9 Å². The molecule has 4 aromatic rings. The highest BCUT2D eigenvalue weighted by molar-refractivity contribution is 5.72. The van der Waals surface area contributed by atoms with Gasteiger partial charge in [0.1, 0.15) is 22.9 Å². The van der Waals surface area contributed by atoms with Gasteiger partial charge >= 0.3 is 24.1 Å². The maximum Gasteiger partial charge on any atom is 0.408 e. The molecule has 0 radical (unpaired) electrons. The van der Waals surface area contributed by atoms with Gasteiger partial charge in [0.15, 0.2) is 0 Å². The third kappa shape index (κ3) is 12.2. The van der Waals surface area contributed by atoms with Crippen LogP contribution in [0.1, 0.15) is 107 Å². The molecule has 0 spiro atoms. The van der Waals surface area contributed by atoms with Crippen LogP contribution in [0.2, 0.25) is 0 Å². The Hall–Kier alpha value is -5.66. The third-order valence-electron chi connectivity index (χ3n) is 8.62. The summed E-state index contributed by atoms with van der Waals surface area (Å²) in [6.07, 6.45) is 2.32. The molecule has 56 heavy (non-hydrogen) atoms. The summed E-state index contributed by atoms with van der Waals surface area (Å²) in [7, 11) is 0. The first kappa shape index (κ1) is 43.1. The summed E-state index contributed by atoms with van der Waals surface area (Å²) in [6, 6.07) is 14.6. The molecule has 0 aliphatic rings. The number of aromatic amines is 2. The molecule has 2 heterocycles. The first-order valence-corrected chi connectivity index (χ1v) is 18.5. The van der Waals surface area contributed by atoms with Gasteiger partial charge < -0.3 is 39.5 Å². The highest BCUT2D eigenvalue weighted by Crippen LogP contribution is 2.36. The molecule has 2 unspecified atom stereocenters. The lowest BCUT2D eigenvalue weighted by molar-refractivity contribution is -0.145. The van der Waals surface area contributed by atoms with Crippen molar-refractivity contribution < 1.29 is 38.1 Å². The van der Waals surface area contributed by atoms with Gasteiger partial charge in [0, 0.05) is 48.2 Å². The van der Waals surface area contributed by atoms with Gasteiger partial charge in [0.25, 0.3) is 0 Å². The van der Waals surface area contributed by atoms with E-state index in [1.165, 1.54) is 13.8 Å². The molecule has 4 rings (SSSR count). The van der Waals surface area contributed by atoms with E-state index in [0.717, 1.165) is 22.3 Å². The molecule has 14 nitrogen and oxygen atoms in total. The van der Waals surface area contributed by atoms with Crippen LogP contribution in [-0.2, 0) is 28.5 Å². The van der Waals surface area contributed by atoms with Gasteiger partial charge in [-0.2, -0.15) is 0 Å². The SMILES string of the molecule is CC(=O)OCC(C)(C)C(NC(=O)OC(C)(C)C)c1nc(-c2ccc(-c3ccc(-c4c[nH]c(C(NC(=O)OC(C)(C)C)C(C)(C)COC(C)=O)n4)cc3)cc2)c[nH]1. The summed E-state index contributed by atoms with van der Waals surface area (Å²) in [5.41, 5.74) is 2.16. The molecular weight excluding hydrogens is 716 g/mol. The fraction of sp³-hybridized carbons (Fsp3) is 0.476. The highest BCUT2D eigenvalue weighted by atomic mass is 16.6. The number of imidazole rings is 2. The molecule has 2 aromatic carbocycles. The number of aromatic nitrogens is 4. The van der Waals surface area contributed by atoms with E-state index in [9.17, 15) is 19.2 Å². The second kappa shape index (κ2) is 17.0. The van der Waals surface area contributed by atoms with E-state index >= 15 is 0 Å². The summed E-state index contributed by atoms with van der Waals surface area (Å²) in [4.78, 5) is 65.0. The van der Waals surface area contributed by atoms with E-state index in [2.05, 4.69) is 20.6 Å². The van der Waals surface area contributed by atoms with Crippen molar-refractivity contribution >= 4 is 24.1 Å². The molecule has 2 atom stereocenters. The zero-order valence-electron chi connectivity index (χ0n) is 34.5. The Morgan fingerprint density at radius 2 is 0.857 bits per heavy atom. The molecular formula is C42H56N6O8. The van der Waals surface area contributed by atoms with Gasteiger partial charge in [-0.05, 0) is 52.7 Å². The number of ether oxygens (including phenoxy) is 4. The Kier molecular flexibility index (Phi) is 13.1. The fourth-order valence-corrected chi connectivity index (χ4v) is 5.79. The van der Waals surface area contributed by atoms with Gasteiger partial charge in [-0.1, -0.05) is 76.2 Å². The van der Waals surface area contributed by atoms with Crippen molar-refractivity contribution in [3.05, 3.63) is 72.6 Å². The summed E-state index contributed by atoms with van der Waals surface area (Å²) in [5, 5.41) is 5.82. The number of hydrogen-bond donors (Lipinski definition) is 4. The normalized spacial score (nSPS) is 13.3. The van der Waals surface area contributed by atoms with E-state index in [-0.39, 0.29) is 13.2 Å². The fourth-order valence-electron chi connectivity index (χ4n) is 5.79. The molecule has 302 valence electrons. The van der Waals surface area contributed by atoms with E-state index in [4.69, 9.17) is 28.9 Å². The number of alkyl carbamates (subject to hydrolysis) is 2. The van der Waals surface area contributed by atoms with Crippen LogP contribution >= 0.6 is 0 Å². The van der Waals surface area contributed by atoms with Gasteiger partial charge in [0.2, 0.25) is 0 Å². The van der Waals surface area contributed by atoms with Gasteiger partial charge in [-0.25, -0.2) is 19.6 Å². The Morgan fingerprint density at radius 3 is 1.14 bits per heavy atom. The molecule has 0 saturated heterocycles. The number of rotatable bonds is 13. The topological polar surface area (TPSA) is 187 Å². The zero-order chi connectivity index (χ0) is 41.6. The molecule has 2 aromatic heterocycles. The number of nitrogens with zero attached hydrogens (tertiary/aromatic N) is 2. The monoisotopic (exact) mass is 772 g/mol. The van der Waals surface area contributed by atoms with Crippen molar-refractivity contribution in [2.45, 2.75) is 106 Å². The van der Waals surface area contributed by atoms with E-state index in [0.29, 0.717) is 23.0 Å². The molecule has 4 N–H and O–H groups in total. The summed E-state index contributed by atoms with van der Waals surface area (Å²) in [6.45, 7) is 21.0. The first-order valence-electron chi connectivity index (χ1n) is 18.5. The van der Waals surface area contributed by atoms with Crippen molar-refractivity contribution in [3.8, 4) is 33.6 Å². The third-order valence-corrected chi connectivity index (χ3v) is 8.62. The average Bonchev–Trinajstić information content (AvgIpc) is 3.77. The number of hydrogen-bond acceptors (Lipinski definition) is 10. The van der Waals surface area contributed by atoms with Crippen molar-refractivity contribution in [2.75, 3.05) is 13.2 Å². The largest absolute Gasteiger partial charge is 0.465 e. The highest BCUT2D eigenvalue weighted by Gasteiger charge is 2.38. The maximum atomic E-state index is 12.8. The predicted octanol–water partition coefficient (Wildman–Crippen LogP) is 8.44. The smallest absolute Gasteiger partial charge is 0.408 e. The van der Waals surface area contributed by atoms with E-state index in [1.807, 2.05) is 76.2 Å². The minimum atomic E-state index is -0.730. The van der Waals surface area contributed by atoms with Crippen LogP contribution < -0.4 is 10.6 Å². The Morgan fingerprint density at radius 1 is 0.554 bits per heavy atom. The number of nitrogens with one attached hydrogen (secondary N) is 4. The van der Waals surface area contributed by atoms with Crippen LogP contribution in [0.25, 0.3) is 33.6 Å². The average molecular weight is 773 g/mol. The lowest BCUT2D eigenvalue weighted by Gasteiger charge is -2.33. The second-order valence-electron chi connectivity index (χ2n) is 17.2. The molecule has 0 aliphatic carbocycles. The molecule has 0 fully saturated rings. The van der Waals surface area contributed by atoms with Crippen LogP contribution in [-0.4, -0.2) is 68.5 Å². The van der Waals surface area contributed by atoms with Crippen LogP contribution in [0.3, 0.4) is 0 Å². The van der Waals surface area contributed by atoms with Gasteiger partial charge in [-0.15, -0.1) is 0 Å². The molecule has 2 amide bonds. The molecule has 14 heteroatoms. The second-order valence-corrected chi connectivity index (χ2v) is 17.2. The summed E-state index contributed by atoms with van der Waals surface area (Å²) < 4.78 is 21.7.